The molecule has 0 aromatic heterocycles. The lowest BCUT2D eigenvalue weighted by Crippen LogP contribution is -2.43. The highest BCUT2D eigenvalue weighted by Gasteiger charge is 2.31. The zero-order chi connectivity index (χ0) is 17.2. The van der Waals surface area contributed by atoms with Crippen molar-refractivity contribution in [1.82, 2.24) is 4.90 Å². The van der Waals surface area contributed by atoms with E-state index in [0.717, 1.165) is 47.5 Å². The molecule has 0 radical (unpaired) electrons. The second-order valence-electron chi connectivity index (χ2n) is 7.56. The molecule has 2 aromatic rings. The number of carbonyl (C=O) groups excluding carboxylic acids is 1. The maximum atomic E-state index is 13.1. The Kier molecular flexibility index (Phi) is 4.76. The second kappa shape index (κ2) is 7.17. The number of fused-ring (bicyclic) bond motifs is 1. The maximum Gasteiger partial charge on any atom is 0.167 e. The van der Waals surface area contributed by atoms with Gasteiger partial charge < -0.3 is 4.74 Å². The molecule has 0 bridgehead atoms. The Hall–Kier alpha value is -1.87. The van der Waals surface area contributed by atoms with E-state index in [9.17, 15) is 4.79 Å². The molecule has 1 saturated heterocycles. The summed E-state index contributed by atoms with van der Waals surface area (Å²) in [6.07, 6.45) is 7.53. The van der Waals surface area contributed by atoms with E-state index in [1.807, 2.05) is 36.4 Å². The number of carbonyl (C=O) groups is 1. The summed E-state index contributed by atoms with van der Waals surface area (Å²) in [6, 6.07) is 12.8. The van der Waals surface area contributed by atoms with Gasteiger partial charge in [0, 0.05) is 24.1 Å². The molecule has 0 amide bonds. The molecule has 4 rings (SSSR count). The van der Waals surface area contributed by atoms with Crippen molar-refractivity contribution in [3.05, 3.63) is 42.0 Å². The van der Waals surface area contributed by atoms with Gasteiger partial charge in [0.25, 0.3) is 0 Å². The minimum Gasteiger partial charge on any atom is -0.497 e. The number of rotatable bonds is 4. The van der Waals surface area contributed by atoms with Crippen molar-refractivity contribution in [2.75, 3.05) is 20.2 Å². The number of Topliss-reactive ketones (excluding diaryl/α,β-unsaturated/α-hetero) is 1. The van der Waals surface area contributed by atoms with Crippen LogP contribution in [0.3, 0.4) is 0 Å². The number of ketones is 1. The molecule has 1 saturated carbocycles. The minimum atomic E-state index is 0.157. The Morgan fingerprint density at radius 1 is 1.00 bits per heavy atom. The molecule has 0 unspecified atom stereocenters. The lowest BCUT2D eigenvalue weighted by atomic mass is 9.88. The average Bonchev–Trinajstić information content (AvgIpc) is 3.21. The highest BCUT2D eigenvalue weighted by Crippen LogP contribution is 2.30. The predicted octanol–water partition coefficient (Wildman–Crippen LogP) is 4.69. The molecule has 132 valence electrons. The zero-order valence-corrected chi connectivity index (χ0v) is 15.0. The summed E-state index contributed by atoms with van der Waals surface area (Å²) < 4.78 is 5.28. The molecule has 2 aromatic carbocycles. The summed E-state index contributed by atoms with van der Waals surface area (Å²) in [7, 11) is 1.68. The van der Waals surface area contributed by atoms with Crippen LogP contribution < -0.4 is 4.74 Å². The summed E-state index contributed by atoms with van der Waals surface area (Å²) >= 11 is 0. The number of hydrogen-bond donors (Lipinski definition) is 0. The van der Waals surface area contributed by atoms with Crippen LogP contribution in [0.1, 0.15) is 48.9 Å². The molecule has 3 nitrogen and oxygen atoms in total. The molecule has 3 heteroatoms. The van der Waals surface area contributed by atoms with Crippen LogP contribution in [-0.2, 0) is 0 Å². The standard InChI is InChI=1S/C22H27NO2/c1-25-21-11-10-16-13-18(9-8-17(16)14-21)22(24)19-5-4-12-23(15-19)20-6-2-3-7-20/h8-11,13-14,19-20H,2-7,12,15H2,1H3/t19-/m0/s1. The highest BCUT2D eigenvalue weighted by molar-refractivity contribution is 6.01. The largest absolute Gasteiger partial charge is 0.497 e. The van der Waals surface area contributed by atoms with Crippen molar-refractivity contribution >= 4 is 16.6 Å². The quantitative estimate of drug-likeness (QED) is 0.758. The molecule has 0 spiro atoms. The number of hydrogen-bond acceptors (Lipinski definition) is 3. The van der Waals surface area contributed by atoms with Crippen LogP contribution in [-0.4, -0.2) is 36.9 Å². The fraction of sp³-hybridized carbons (Fsp3) is 0.500. The van der Waals surface area contributed by atoms with Crippen molar-refractivity contribution in [3.63, 3.8) is 0 Å². The van der Waals surface area contributed by atoms with E-state index >= 15 is 0 Å². The zero-order valence-electron chi connectivity index (χ0n) is 15.0. The third-order valence-corrected chi connectivity index (χ3v) is 6.00. The Morgan fingerprint density at radius 2 is 1.76 bits per heavy atom. The molecule has 0 N–H and O–H groups in total. The number of ether oxygens (including phenoxy) is 1. The SMILES string of the molecule is COc1ccc2cc(C(=O)[C@H]3CCCN(C4CCCC4)C3)ccc2c1. The van der Waals surface area contributed by atoms with Crippen LogP contribution in [0.15, 0.2) is 36.4 Å². The Labute approximate surface area is 150 Å². The number of piperidine rings is 1. The molecule has 1 heterocycles. The van der Waals surface area contributed by atoms with E-state index in [4.69, 9.17) is 4.74 Å². The summed E-state index contributed by atoms with van der Waals surface area (Å²) in [5.41, 5.74) is 0.857. The molecule has 2 fully saturated rings. The first-order valence-corrected chi connectivity index (χ1v) is 9.60. The first-order valence-electron chi connectivity index (χ1n) is 9.60. The van der Waals surface area contributed by atoms with Gasteiger partial charge in [0.15, 0.2) is 5.78 Å². The van der Waals surface area contributed by atoms with Gasteiger partial charge in [-0.15, -0.1) is 0 Å². The van der Waals surface area contributed by atoms with Crippen molar-refractivity contribution in [3.8, 4) is 5.75 Å². The third kappa shape index (κ3) is 3.43. The van der Waals surface area contributed by atoms with E-state index in [1.165, 1.54) is 32.2 Å². The van der Waals surface area contributed by atoms with Crippen LogP contribution >= 0.6 is 0 Å². The van der Waals surface area contributed by atoms with Gasteiger partial charge in [0.1, 0.15) is 5.75 Å². The fourth-order valence-corrected chi connectivity index (χ4v) is 4.56. The number of methoxy groups -OCH3 is 1. The van der Waals surface area contributed by atoms with Crippen molar-refractivity contribution in [2.45, 2.75) is 44.6 Å². The summed E-state index contributed by atoms with van der Waals surface area (Å²) in [5, 5.41) is 2.22. The van der Waals surface area contributed by atoms with E-state index in [0.29, 0.717) is 5.78 Å². The monoisotopic (exact) mass is 337 g/mol. The van der Waals surface area contributed by atoms with Gasteiger partial charge in [-0.25, -0.2) is 0 Å². The van der Waals surface area contributed by atoms with Crippen LogP contribution in [0.25, 0.3) is 10.8 Å². The molecule has 2 aliphatic rings. The van der Waals surface area contributed by atoms with Crippen LogP contribution in [0, 0.1) is 5.92 Å². The fourth-order valence-electron chi connectivity index (χ4n) is 4.56. The van der Waals surface area contributed by atoms with Gasteiger partial charge in [0.05, 0.1) is 7.11 Å². The van der Waals surface area contributed by atoms with Crippen molar-refractivity contribution in [2.24, 2.45) is 5.92 Å². The average molecular weight is 337 g/mol. The molecule has 25 heavy (non-hydrogen) atoms. The first kappa shape index (κ1) is 16.6. The lowest BCUT2D eigenvalue weighted by Gasteiger charge is -2.36. The number of likely N-dealkylation sites (tertiary alicyclic amines) is 1. The molecular formula is C22H27NO2. The predicted molar refractivity (Wildman–Crippen MR) is 101 cm³/mol. The normalized spacial score (nSPS) is 22.4. The topological polar surface area (TPSA) is 29.5 Å². The Balaban J connectivity index is 1.52. The Bertz CT molecular complexity index is 764. The van der Waals surface area contributed by atoms with Gasteiger partial charge in [0.2, 0.25) is 0 Å². The van der Waals surface area contributed by atoms with Gasteiger partial charge in [-0.1, -0.05) is 31.0 Å². The van der Waals surface area contributed by atoms with Gasteiger partial charge in [-0.3, -0.25) is 9.69 Å². The molecule has 1 aliphatic heterocycles. The maximum absolute atomic E-state index is 13.1. The minimum absolute atomic E-state index is 0.157. The summed E-state index contributed by atoms with van der Waals surface area (Å²) in [5.74, 6) is 1.33. The van der Waals surface area contributed by atoms with Crippen LogP contribution in [0.2, 0.25) is 0 Å². The van der Waals surface area contributed by atoms with Crippen LogP contribution in [0.4, 0.5) is 0 Å². The van der Waals surface area contributed by atoms with Gasteiger partial charge in [-0.05, 0) is 61.2 Å². The van der Waals surface area contributed by atoms with E-state index in [1.54, 1.807) is 7.11 Å². The van der Waals surface area contributed by atoms with Gasteiger partial charge >= 0.3 is 0 Å². The molecular weight excluding hydrogens is 310 g/mol. The van der Waals surface area contributed by atoms with Crippen molar-refractivity contribution in [1.29, 1.82) is 0 Å². The van der Waals surface area contributed by atoms with E-state index in [2.05, 4.69) is 4.90 Å². The second-order valence-corrected chi connectivity index (χ2v) is 7.56. The Morgan fingerprint density at radius 3 is 2.56 bits per heavy atom. The third-order valence-electron chi connectivity index (χ3n) is 6.00. The first-order chi connectivity index (χ1) is 12.2. The van der Waals surface area contributed by atoms with E-state index < -0.39 is 0 Å². The summed E-state index contributed by atoms with van der Waals surface area (Å²) in [6.45, 7) is 2.12. The molecule has 1 aliphatic carbocycles. The molecule has 1 atom stereocenters. The number of nitrogens with zero attached hydrogens (tertiary/aromatic N) is 1. The van der Waals surface area contributed by atoms with Gasteiger partial charge in [-0.2, -0.15) is 0 Å². The van der Waals surface area contributed by atoms with Crippen LogP contribution in [0.5, 0.6) is 5.75 Å². The van der Waals surface area contributed by atoms with Crippen molar-refractivity contribution < 1.29 is 9.53 Å². The summed E-state index contributed by atoms with van der Waals surface area (Å²) in [4.78, 5) is 15.7. The smallest absolute Gasteiger partial charge is 0.167 e. The number of benzene rings is 2. The highest BCUT2D eigenvalue weighted by atomic mass is 16.5. The lowest BCUT2D eigenvalue weighted by molar-refractivity contribution is 0.0757. The van der Waals surface area contributed by atoms with E-state index in [-0.39, 0.29) is 5.92 Å².